The summed E-state index contributed by atoms with van der Waals surface area (Å²) in [5.41, 5.74) is 0.443. The standard InChI is InChI=1S/C11H16N2O/c1-3-11(2,9-14)13-8-10-6-4-5-7-12-10/h4-8,14H,3,9H2,1-2H3/t11-/m1/s1. The highest BCUT2D eigenvalue weighted by molar-refractivity contribution is 5.77. The maximum Gasteiger partial charge on any atom is 0.0808 e. The summed E-state index contributed by atoms with van der Waals surface area (Å²) in [7, 11) is 0. The molecule has 1 aromatic rings. The molecule has 0 aliphatic heterocycles. The third-order valence-electron chi connectivity index (χ3n) is 2.30. The van der Waals surface area contributed by atoms with E-state index in [1.165, 1.54) is 0 Å². The van der Waals surface area contributed by atoms with E-state index in [-0.39, 0.29) is 12.1 Å². The van der Waals surface area contributed by atoms with Crippen LogP contribution in [0, 0.1) is 0 Å². The molecule has 0 saturated heterocycles. The summed E-state index contributed by atoms with van der Waals surface area (Å²) < 4.78 is 0. The van der Waals surface area contributed by atoms with Gasteiger partial charge in [-0.2, -0.15) is 0 Å². The second kappa shape index (κ2) is 4.86. The quantitative estimate of drug-likeness (QED) is 0.737. The smallest absolute Gasteiger partial charge is 0.0808 e. The first kappa shape index (κ1) is 10.9. The average molecular weight is 192 g/mol. The number of aliphatic imine (C=N–C) groups is 1. The predicted molar refractivity (Wildman–Crippen MR) is 57.6 cm³/mol. The molecular formula is C11H16N2O. The molecule has 0 saturated carbocycles. The highest BCUT2D eigenvalue weighted by atomic mass is 16.3. The Balaban J connectivity index is 2.72. The number of aliphatic hydroxyl groups is 1. The minimum Gasteiger partial charge on any atom is -0.394 e. The molecule has 0 aliphatic carbocycles. The van der Waals surface area contributed by atoms with Crippen molar-refractivity contribution in [1.82, 2.24) is 4.98 Å². The van der Waals surface area contributed by atoms with Gasteiger partial charge in [0.1, 0.15) is 0 Å². The van der Waals surface area contributed by atoms with Crippen LogP contribution in [0.15, 0.2) is 29.4 Å². The molecule has 1 N–H and O–H groups in total. The van der Waals surface area contributed by atoms with Crippen molar-refractivity contribution in [2.45, 2.75) is 25.8 Å². The summed E-state index contributed by atoms with van der Waals surface area (Å²) in [4.78, 5) is 8.44. The van der Waals surface area contributed by atoms with Crippen LogP contribution in [0.1, 0.15) is 26.0 Å². The molecule has 0 bridgehead atoms. The Morgan fingerprint density at radius 3 is 2.86 bits per heavy atom. The molecule has 3 heteroatoms. The number of hydrogen-bond acceptors (Lipinski definition) is 3. The van der Waals surface area contributed by atoms with Crippen molar-refractivity contribution >= 4 is 6.21 Å². The molecule has 0 fully saturated rings. The van der Waals surface area contributed by atoms with Crippen LogP contribution < -0.4 is 0 Å². The first-order chi connectivity index (χ1) is 6.70. The Kier molecular flexibility index (Phi) is 3.77. The summed E-state index contributed by atoms with van der Waals surface area (Å²) in [6, 6.07) is 5.66. The fraction of sp³-hybridized carbons (Fsp3) is 0.455. The van der Waals surface area contributed by atoms with Gasteiger partial charge in [0, 0.05) is 12.4 Å². The summed E-state index contributed by atoms with van der Waals surface area (Å²) in [5.74, 6) is 0. The molecule has 1 aromatic heterocycles. The molecular weight excluding hydrogens is 176 g/mol. The predicted octanol–water partition coefficient (Wildman–Crippen LogP) is 1.66. The van der Waals surface area contributed by atoms with Crippen LogP contribution in [0.4, 0.5) is 0 Å². The number of nitrogens with zero attached hydrogens (tertiary/aromatic N) is 2. The van der Waals surface area contributed by atoms with E-state index < -0.39 is 0 Å². The Morgan fingerprint density at radius 2 is 2.36 bits per heavy atom. The number of aromatic nitrogens is 1. The lowest BCUT2D eigenvalue weighted by Gasteiger charge is -2.19. The van der Waals surface area contributed by atoms with Crippen LogP contribution in [0.2, 0.25) is 0 Å². The molecule has 1 heterocycles. The van der Waals surface area contributed by atoms with Gasteiger partial charge in [0.05, 0.1) is 17.8 Å². The summed E-state index contributed by atoms with van der Waals surface area (Å²) >= 11 is 0. The van der Waals surface area contributed by atoms with Gasteiger partial charge < -0.3 is 5.11 Å². The lowest BCUT2D eigenvalue weighted by atomic mass is 10.0. The van der Waals surface area contributed by atoms with Crippen molar-refractivity contribution in [2.75, 3.05) is 6.61 Å². The molecule has 76 valence electrons. The Hall–Kier alpha value is -1.22. The van der Waals surface area contributed by atoms with Crippen LogP contribution in [-0.4, -0.2) is 28.5 Å². The average Bonchev–Trinajstić information content (AvgIpc) is 2.27. The lowest BCUT2D eigenvalue weighted by molar-refractivity contribution is 0.207. The molecule has 1 rings (SSSR count). The van der Waals surface area contributed by atoms with Gasteiger partial charge in [-0.1, -0.05) is 13.0 Å². The van der Waals surface area contributed by atoms with Crippen molar-refractivity contribution in [3.05, 3.63) is 30.1 Å². The minimum atomic E-state index is -0.377. The number of hydrogen-bond donors (Lipinski definition) is 1. The molecule has 14 heavy (non-hydrogen) atoms. The zero-order valence-corrected chi connectivity index (χ0v) is 8.64. The normalized spacial score (nSPS) is 15.6. The molecule has 0 spiro atoms. The monoisotopic (exact) mass is 192 g/mol. The van der Waals surface area contributed by atoms with Crippen LogP contribution in [0.3, 0.4) is 0 Å². The molecule has 1 atom stereocenters. The number of pyridine rings is 1. The molecule has 0 aromatic carbocycles. The van der Waals surface area contributed by atoms with Crippen LogP contribution >= 0.6 is 0 Å². The van der Waals surface area contributed by atoms with Crippen molar-refractivity contribution in [1.29, 1.82) is 0 Å². The van der Waals surface area contributed by atoms with Gasteiger partial charge in [-0.3, -0.25) is 9.98 Å². The Labute approximate surface area is 84.5 Å². The first-order valence-corrected chi connectivity index (χ1v) is 4.77. The number of aliphatic hydroxyl groups excluding tert-OH is 1. The fourth-order valence-electron chi connectivity index (χ4n) is 0.918. The zero-order chi connectivity index (χ0) is 10.4. The molecule has 0 aliphatic rings. The summed E-state index contributed by atoms with van der Waals surface area (Å²) in [5, 5.41) is 9.13. The maximum absolute atomic E-state index is 9.13. The van der Waals surface area contributed by atoms with Gasteiger partial charge in [0.25, 0.3) is 0 Å². The van der Waals surface area contributed by atoms with Crippen molar-refractivity contribution in [2.24, 2.45) is 4.99 Å². The van der Waals surface area contributed by atoms with Crippen molar-refractivity contribution in [3.63, 3.8) is 0 Å². The molecule has 0 unspecified atom stereocenters. The largest absolute Gasteiger partial charge is 0.394 e. The second-order valence-corrected chi connectivity index (χ2v) is 3.52. The van der Waals surface area contributed by atoms with Crippen LogP contribution in [-0.2, 0) is 0 Å². The summed E-state index contributed by atoms with van der Waals surface area (Å²) in [6.07, 6.45) is 4.25. The zero-order valence-electron chi connectivity index (χ0n) is 8.64. The lowest BCUT2D eigenvalue weighted by Crippen LogP contribution is -2.25. The van der Waals surface area contributed by atoms with Crippen LogP contribution in [0.25, 0.3) is 0 Å². The van der Waals surface area contributed by atoms with E-state index in [0.717, 1.165) is 12.1 Å². The van der Waals surface area contributed by atoms with Gasteiger partial charge in [0.15, 0.2) is 0 Å². The summed E-state index contributed by atoms with van der Waals surface area (Å²) in [6.45, 7) is 3.99. The Morgan fingerprint density at radius 1 is 1.57 bits per heavy atom. The van der Waals surface area contributed by atoms with E-state index in [1.807, 2.05) is 32.0 Å². The third kappa shape index (κ3) is 2.92. The van der Waals surface area contributed by atoms with Crippen molar-refractivity contribution in [3.8, 4) is 0 Å². The van der Waals surface area contributed by atoms with Gasteiger partial charge in [-0.15, -0.1) is 0 Å². The highest BCUT2D eigenvalue weighted by Gasteiger charge is 2.17. The first-order valence-electron chi connectivity index (χ1n) is 4.77. The molecule has 0 amide bonds. The van der Waals surface area contributed by atoms with E-state index in [4.69, 9.17) is 5.11 Å². The van der Waals surface area contributed by atoms with Crippen LogP contribution in [0.5, 0.6) is 0 Å². The highest BCUT2D eigenvalue weighted by Crippen LogP contribution is 2.13. The minimum absolute atomic E-state index is 0.0623. The Bertz CT molecular complexity index is 291. The van der Waals surface area contributed by atoms with Gasteiger partial charge in [-0.25, -0.2) is 0 Å². The van der Waals surface area contributed by atoms with E-state index in [2.05, 4.69) is 9.98 Å². The third-order valence-corrected chi connectivity index (χ3v) is 2.30. The van der Waals surface area contributed by atoms with E-state index in [9.17, 15) is 0 Å². The molecule has 3 nitrogen and oxygen atoms in total. The fourth-order valence-corrected chi connectivity index (χ4v) is 0.918. The van der Waals surface area contributed by atoms with E-state index >= 15 is 0 Å². The van der Waals surface area contributed by atoms with Gasteiger partial charge in [0.2, 0.25) is 0 Å². The second-order valence-electron chi connectivity index (χ2n) is 3.52. The van der Waals surface area contributed by atoms with Crippen molar-refractivity contribution < 1.29 is 5.11 Å². The molecule has 0 radical (unpaired) electrons. The van der Waals surface area contributed by atoms with E-state index in [1.54, 1.807) is 12.4 Å². The SMILES string of the molecule is CC[C@](C)(CO)N=Cc1ccccn1. The number of rotatable bonds is 4. The van der Waals surface area contributed by atoms with Gasteiger partial charge in [-0.05, 0) is 25.5 Å². The maximum atomic E-state index is 9.13. The topological polar surface area (TPSA) is 45.5 Å². The van der Waals surface area contributed by atoms with Gasteiger partial charge >= 0.3 is 0 Å². The van der Waals surface area contributed by atoms with E-state index in [0.29, 0.717) is 0 Å².